The average Bonchev–Trinajstić information content (AvgIpc) is 3.45. The van der Waals surface area contributed by atoms with Gasteiger partial charge in [0, 0.05) is 43.8 Å². The van der Waals surface area contributed by atoms with E-state index in [1.807, 2.05) is 12.1 Å². The third-order valence-electron chi connectivity index (χ3n) is 5.02. The van der Waals surface area contributed by atoms with Crippen molar-refractivity contribution < 1.29 is 14.3 Å². The van der Waals surface area contributed by atoms with E-state index in [-0.39, 0.29) is 12.0 Å². The Bertz CT molecular complexity index is 942. The number of H-pyrrole nitrogens is 1. The van der Waals surface area contributed by atoms with Gasteiger partial charge in [0.15, 0.2) is 5.82 Å². The molecule has 8 heteroatoms. The summed E-state index contributed by atoms with van der Waals surface area (Å²) in [7, 11) is 1.70. The van der Waals surface area contributed by atoms with Gasteiger partial charge in [-0.25, -0.2) is 0 Å². The molecule has 3 heterocycles. The van der Waals surface area contributed by atoms with E-state index in [1.54, 1.807) is 7.11 Å². The number of carbonyl (C=O) groups excluding carboxylic acids is 1. The van der Waals surface area contributed by atoms with Crippen molar-refractivity contribution in [1.29, 1.82) is 0 Å². The minimum absolute atomic E-state index is 0.0450. The molecule has 1 amide bonds. The molecule has 0 unspecified atom stereocenters. The van der Waals surface area contributed by atoms with Crippen molar-refractivity contribution in [2.45, 2.75) is 38.3 Å². The Balaban J connectivity index is 1.38. The molecule has 8 nitrogen and oxygen atoms in total. The van der Waals surface area contributed by atoms with Crippen LogP contribution in [0.1, 0.15) is 36.8 Å². The maximum Gasteiger partial charge on any atom is 0.248 e. The maximum atomic E-state index is 12.4. The van der Waals surface area contributed by atoms with Gasteiger partial charge >= 0.3 is 0 Å². The number of anilines is 1. The van der Waals surface area contributed by atoms with Crippen LogP contribution in [0.3, 0.4) is 0 Å². The molecule has 4 rings (SSSR count). The molecular weight excluding hydrogens is 358 g/mol. The summed E-state index contributed by atoms with van der Waals surface area (Å²) in [5.74, 6) is 0.874. The van der Waals surface area contributed by atoms with Crippen LogP contribution in [-0.4, -0.2) is 46.0 Å². The van der Waals surface area contributed by atoms with Crippen molar-refractivity contribution in [3.63, 3.8) is 0 Å². The van der Waals surface area contributed by atoms with Crippen molar-refractivity contribution in [2.75, 3.05) is 25.6 Å². The van der Waals surface area contributed by atoms with Crippen LogP contribution in [0.2, 0.25) is 0 Å². The highest BCUT2D eigenvalue weighted by atomic mass is 16.5. The first-order chi connectivity index (χ1) is 13.7. The monoisotopic (exact) mass is 383 g/mol. The van der Waals surface area contributed by atoms with E-state index >= 15 is 0 Å². The quantitative estimate of drug-likeness (QED) is 0.624. The number of nitrogens with one attached hydrogen (secondary N) is 2. The van der Waals surface area contributed by atoms with Gasteiger partial charge in [-0.2, -0.15) is 4.98 Å². The zero-order chi connectivity index (χ0) is 19.3. The van der Waals surface area contributed by atoms with E-state index < -0.39 is 0 Å². The molecule has 3 aromatic rings. The molecule has 1 fully saturated rings. The third-order valence-corrected chi connectivity index (χ3v) is 5.02. The number of benzene rings is 1. The molecule has 2 aromatic heterocycles. The molecule has 0 saturated carbocycles. The van der Waals surface area contributed by atoms with Crippen molar-refractivity contribution >= 4 is 22.8 Å². The summed E-state index contributed by atoms with van der Waals surface area (Å²) >= 11 is 0. The summed E-state index contributed by atoms with van der Waals surface area (Å²) in [5, 5.41) is 10.9. The molecule has 1 saturated heterocycles. The first-order valence-corrected chi connectivity index (χ1v) is 9.64. The number of hydrogen-bond donors (Lipinski definition) is 2. The Morgan fingerprint density at radius 1 is 1.43 bits per heavy atom. The average molecular weight is 383 g/mol. The van der Waals surface area contributed by atoms with Gasteiger partial charge < -0.3 is 14.0 Å². The number of carbonyl (C=O) groups is 1. The van der Waals surface area contributed by atoms with Crippen LogP contribution < -0.4 is 5.32 Å². The number of fused-ring (bicyclic) bond motifs is 1. The lowest BCUT2D eigenvalue weighted by Gasteiger charge is -2.03. The number of amides is 1. The summed E-state index contributed by atoms with van der Waals surface area (Å²) in [5.41, 5.74) is 2.31. The fourth-order valence-electron chi connectivity index (χ4n) is 3.60. The Morgan fingerprint density at radius 3 is 3.14 bits per heavy atom. The molecule has 0 aliphatic carbocycles. The van der Waals surface area contributed by atoms with Crippen molar-refractivity contribution in [3.05, 3.63) is 41.9 Å². The van der Waals surface area contributed by atoms with Crippen molar-refractivity contribution in [2.24, 2.45) is 0 Å². The SMILES string of the molecule is COCCn1cc(CCC(=O)Nc2n[nH]c([C@H]3CCCO3)n2)c2ccccc21. The van der Waals surface area contributed by atoms with Gasteiger partial charge in [0.25, 0.3) is 0 Å². The Kier molecular flexibility index (Phi) is 5.68. The van der Waals surface area contributed by atoms with Gasteiger partial charge in [0.1, 0.15) is 6.10 Å². The molecule has 28 heavy (non-hydrogen) atoms. The topological polar surface area (TPSA) is 94.1 Å². The summed E-state index contributed by atoms with van der Waals surface area (Å²) < 4.78 is 12.9. The second-order valence-corrected chi connectivity index (χ2v) is 6.95. The molecule has 1 aromatic carbocycles. The van der Waals surface area contributed by atoms with Gasteiger partial charge in [-0.3, -0.25) is 15.2 Å². The molecule has 0 bridgehead atoms. The number of aryl methyl sites for hydroxylation is 1. The van der Waals surface area contributed by atoms with Crippen LogP contribution in [0.15, 0.2) is 30.5 Å². The summed E-state index contributed by atoms with van der Waals surface area (Å²) in [6, 6.07) is 8.23. The van der Waals surface area contributed by atoms with Gasteiger partial charge in [-0.05, 0) is 30.9 Å². The normalized spacial score (nSPS) is 16.7. The number of para-hydroxylation sites is 1. The predicted octanol–water partition coefficient (Wildman–Crippen LogP) is 2.83. The van der Waals surface area contributed by atoms with Crippen LogP contribution >= 0.6 is 0 Å². The molecular formula is C20H25N5O3. The Labute approximate surface area is 163 Å². The van der Waals surface area contributed by atoms with Crippen LogP contribution in [0.5, 0.6) is 0 Å². The number of aromatic nitrogens is 4. The van der Waals surface area contributed by atoms with E-state index in [2.05, 4.69) is 43.4 Å². The minimum Gasteiger partial charge on any atom is -0.383 e. The summed E-state index contributed by atoms with van der Waals surface area (Å²) in [6.45, 7) is 2.17. The van der Waals surface area contributed by atoms with E-state index in [0.29, 0.717) is 31.2 Å². The fourth-order valence-corrected chi connectivity index (χ4v) is 3.60. The lowest BCUT2D eigenvalue weighted by Crippen LogP contribution is -2.13. The third kappa shape index (κ3) is 4.07. The highest BCUT2D eigenvalue weighted by Gasteiger charge is 2.21. The van der Waals surface area contributed by atoms with Crippen molar-refractivity contribution in [3.8, 4) is 0 Å². The fraction of sp³-hybridized carbons (Fsp3) is 0.450. The second-order valence-electron chi connectivity index (χ2n) is 6.95. The maximum absolute atomic E-state index is 12.4. The molecule has 1 aliphatic heterocycles. The van der Waals surface area contributed by atoms with Gasteiger partial charge in [0.05, 0.1) is 6.61 Å². The van der Waals surface area contributed by atoms with Crippen LogP contribution in [0.4, 0.5) is 5.95 Å². The molecule has 1 atom stereocenters. The molecule has 1 aliphatic rings. The first kappa shape index (κ1) is 18.6. The number of hydrogen-bond acceptors (Lipinski definition) is 5. The molecule has 148 valence electrons. The van der Waals surface area contributed by atoms with Gasteiger partial charge in [0.2, 0.25) is 11.9 Å². The zero-order valence-electron chi connectivity index (χ0n) is 16.0. The summed E-state index contributed by atoms with van der Waals surface area (Å²) in [4.78, 5) is 16.7. The Hall–Kier alpha value is -2.71. The molecule has 0 spiro atoms. The number of nitrogens with zero attached hydrogens (tertiary/aromatic N) is 3. The lowest BCUT2D eigenvalue weighted by molar-refractivity contribution is -0.116. The molecule has 2 N–H and O–H groups in total. The van der Waals surface area contributed by atoms with Gasteiger partial charge in [-0.1, -0.05) is 18.2 Å². The molecule has 0 radical (unpaired) electrons. The van der Waals surface area contributed by atoms with Crippen LogP contribution in [-0.2, 0) is 27.2 Å². The first-order valence-electron chi connectivity index (χ1n) is 9.64. The lowest BCUT2D eigenvalue weighted by atomic mass is 10.1. The summed E-state index contributed by atoms with van der Waals surface area (Å²) in [6.07, 6.45) is 5.02. The zero-order valence-corrected chi connectivity index (χ0v) is 16.0. The number of methoxy groups -OCH3 is 1. The minimum atomic E-state index is -0.105. The van der Waals surface area contributed by atoms with Crippen LogP contribution in [0.25, 0.3) is 10.9 Å². The van der Waals surface area contributed by atoms with Crippen molar-refractivity contribution in [1.82, 2.24) is 19.7 Å². The van der Waals surface area contributed by atoms with Gasteiger partial charge in [-0.15, -0.1) is 5.10 Å². The highest BCUT2D eigenvalue weighted by molar-refractivity contribution is 5.90. The van der Waals surface area contributed by atoms with E-state index in [1.165, 1.54) is 5.39 Å². The van der Waals surface area contributed by atoms with E-state index in [4.69, 9.17) is 9.47 Å². The smallest absolute Gasteiger partial charge is 0.248 e. The van der Waals surface area contributed by atoms with E-state index in [9.17, 15) is 4.79 Å². The largest absolute Gasteiger partial charge is 0.383 e. The number of ether oxygens (including phenoxy) is 2. The standard InChI is InChI=1S/C20H25N5O3/c1-27-12-10-25-13-14(15-5-2-3-6-16(15)25)8-9-18(26)21-20-22-19(23-24-20)17-7-4-11-28-17/h2-3,5-6,13,17H,4,7-12H2,1H3,(H2,21,22,23,24,26)/t17-/m1/s1. The number of aromatic amines is 1. The number of rotatable bonds is 8. The predicted molar refractivity (Wildman–Crippen MR) is 105 cm³/mol. The second kappa shape index (κ2) is 8.53. The Morgan fingerprint density at radius 2 is 2.32 bits per heavy atom. The highest BCUT2D eigenvalue weighted by Crippen LogP contribution is 2.26. The van der Waals surface area contributed by atoms with Crippen LogP contribution in [0, 0.1) is 0 Å². The van der Waals surface area contributed by atoms with E-state index in [0.717, 1.165) is 37.1 Å².